The molecular formula is C19H19NO3S. The Hall–Kier alpha value is -2.27. The van der Waals surface area contributed by atoms with E-state index >= 15 is 0 Å². The number of amides is 2. The number of nitrogens with zero attached hydrogens (tertiary/aromatic N) is 1. The third-order valence-electron chi connectivity index (χ3n) is 4.18. The molecule has 5 heteroatoms. The number of carbonyl (C=O) groups excluding carboxylic acids is 2. The number of benzene rings is 1. The zero-order chi connectivity index (χ0) is 17.3. The summed E-state index contributed by atoms with van der Waals surface area (Å²) in [5.41, 5.74) is 3.56. The van der Waals surface area contributed by atoms with Crippen molar-refractivity contribution in [2.45, 2.75) is 26.5 Å². The number of carbonyl (C=O) groups is 2. The molecule has 0 saturated heterocycles. The number of hydrogen-bond acceptors (Lipinski definition) is 4. The van der Waals surface area contributed by atoms with Gasteiger partial charge in [-0.3, -0.25) is 14.5 Å². The monoisotopic (exact) mass is 341 g/mol. The first-order chi connectivity index (χ1) is 11.5. The molecule has 0 spiro atoms. The molecule has 2 heterocycles. The van der Waals surface area contributed by atoms with Crippen molar-refractivity contribution in [3.63, 3.8) is 0 Å². The molecule has 2 aromatic rings. The van der Waals surface area contributed by atoms with Crippen molar-refractivity contribution in [1.29, 1.82) is 0 Å². The van der Waals surface area contributed by atoms with Crippen molar-refractivity contribution in [1.82, 2.24) is 4.90 Å². The van der Waals surface area contributed by atoms with Crippen LogP contribution < -0.4 is 0 Å². The summed E-state index contributed by atoms with van der Waals surface area (Å²) in [7, 11) is 0. The minimum absolute atomic E-state index is 0.215. The summed E-state index contributed by atoms with van der Waals surface area (Å²) >= 11 is 1.36. The van der Waals surface area contributed by atoms with Gasteiger partial charge >= 0.3 is 0 Å². The Balaban J connectivity index is 2.01. The standard InChI is InChI=1S/C19H19NO3S/c1-4-20-18(21)16(14-8-7-12(2)13(3)10-14)17(19(20)22)24-11-15-6-5-9-23-15/h5-10H,4,11H2,1-3H3. The highest BCUT2D eigenvalue weighted by Gasteiger charge is 2.38. The molecule has 4 nitrogen and oxygen atoms in total. The first kappa shape index (κ1) is 16.6. The van der Waals surface area contributed by atoms with Gasteiger partial charge < -0.3 is 4.42 Å². The molecule has 3 rings (SSSR count). The molecule has 1 aliphatic rings. The Morgan fingerprint density at radius 1 is 1.08 bits per heavy atom. The van der Waals surface area contributed by atoms with Gasteiger partial charge in [0.25, 0.3) is 11.8 Å². The lowest BCUT2D eigenvalue weighted by atomic mass is 10.0. The lowest BCUT2D eigenvalue weighted by molar-refractivity contribution is -0.136. The summed E-state index contributed by atoms with van der Waals surface area (Å²) in [4.78, 5) is 27.2. The third kappa shape index (κ3) is 2.91. The predicted molar refractivity (Wildman–Crippen MR) is 95.2 cm³/mol. The molecule has 124 valence electrons. The average molecular weight is 341 g/mol. The van der Waals surface area contributed by atoms with Crippen LogP contribution in [0.25, 0.3) is 5.57 Å². The van der Waals surface area contributed by atoms with Crippen molar-refractivity contribution >= 4 is 29.1 Å². The zero-order valence-corrected chi connectivity index (χ0v) is 14.8. The van der Waals surface area contributed by atoms with Crippen molar-refractivity contribution < 1.29 is 14.0 Å². The van der Waals surface area contributed by atoms with Gasteiger partial charge in [-0.2, -0.15) is 0 Å². The summed E-state index contributed by atoms with van der Waals surface area (Å²) in [5, 5.41) is 0. The molecule has 0 radical (unpaired) electrons. The smallest absolute Gasteiger partial charge is 0.267 e. The molecule has 1 aromatic heterocycles. The molecule has 0 N–H and O–H groups in total. The van der Waals surface area contributed by atoms with E-state index in [0.29, 0.717) is 22.8 Å². The summed E-state index contributed by atoms with van der Waals surface area (Å²) < 4.78 is 5.33. The topological polar surface area (TPSA) is 50.5 Å². The summed E-state index contributed by atoms with van der Waals surface area (Å²) in [6.45, 7) is 6.22. The normalized spacial score (nSPS) is 14.9. The number of hydrogen-bond donors (Lipinski definition) is 0. The van der Waals surface area contributed by atoms with E-state index < -0.39 is 0 Å². The van der Waals surface area contributed by atoms with Crippen molar-refractivity contribution in [3.8, 4) is 0 Å². The third-order valence-corrected chi connectivity index (χ3v) is 5.27. The molecule has 24 heavy (non-hydrogen) atoms. The van der Waals surface area contributed by atoms with Gasteiger partial charge in [-0.1, -0.05) is 18.2 Å². The highest BCUT2D eigenvalue weighted by molar-refractivity contribution is 8.03. The minimum Gasteiger partial charge on any atom is -0.468 e. The fraction of sp³-hybridized carbons (Fsp3) is 0.263. The second-order valence-electron chi connectivity index (χ2n) is 5.73. The van der Waals surface area contributed by atoms with Gasteiger partial charge in [0.15, 0.2) is 0 Å². The van der Waals surface area contributed by atoms with Gasteiger partial charge in [0, 0.05) is 6.54 Å². The van der Waals surface area contributed by atoms with Crippen LogP contribution in [0.5, 0.6) is 0 Å². The maximum absolute atomic E-state index is 12.7. The Morgan fingerprint density at radius 2 is 1.88 bits per heavy atom. The summed E-state index contributed by atoms with van der Waals surface area (Å²) in [6, 6.07) is 9.55. The van der Waals surface area contributed by atoms with Crippen LogP contribution in [0, 0.1) is 13.8 Å². The number of thioether (sulfide) groups is 1. The number of imide groups is 1. The lowest BCUT2D eigenvalue weighted by Gasteiger charge is -2.11. The summed E-state index contributed by atoms with van der Waals surface area (Å²) in [6.07, 6.45) is 1.61. The highest BCUT2D eigenvalue weighted by atomic mass is 32.2. The number of aryl methyl sites for hydroxylation is 2. The van der Waals surface area contributed by atoms with E-state index in [0.717, 1.165) is 22.5 Å². The van der Waals surface area contributed by atoms with Crippen LogP contribution in [0.1, 0.15) is 29.4 Å². The van der Waals surface area contributed by atoms with Crippen molar-refractivity contribution in [2.75, 3.05) is 6.54 Å². The number of likely N-dealkylation sites (N-methyl/N-ethyl adjacent to an activating group) is 1. The van der Waals surface area contributed by atoms with Crippen molar-refractivity contribution in [3.05, 3.63) is 64.0 Å². The first-order valence-electron chi connectivity index (χ1n) is 7.86. The second-order valence-corrected chi connectivity index (χ2v) is 6.71. The fourth-order valence-electron chi connectivity index (χ4n) is 2.66. The highest BCUT2D eigenvalue weighted by Crippen LogP contribution is 2.37. The predicted octanol–water partition coefficient (Wildman–Crippen LogP) is 3.93. The maximum atomic E-state index is 12.7. The zero-order valence-electron chi connectivity index (χ0n) is 14.0. The SMILES string of the molecule is CCN1C(=O)C(SCc2ccco2)=C(c2ccc(C)c(C)c2)C1=O. The van der Waals surface area contributed by atoms with Gasteiger partial charge in [-0.15, -0.1) is 11.8 Å². The molecule has 2 amide bonds. The lowest BCUT2D eigenvalue weighted by Crippen LogP contribution is -2.31. The fourth-order valence-corrected chi connectivity index (χ4v) is 3.70. The quantitative estimate of drug-likeness (QED) is 0.773. The van der Waals surface area contributed by atoms with E-state index in [1.165, 1.54) is 16.7 Å². The van der Waals surface area contributed by atoms with Crippen LogP contribution >= 0.6 is 11.8 Å². The maximum Gasteiger partial charge on any atom is 0.267 e. The average Bonchev–Trinajstić information content (AvgIpc) is 3.15. The molecule has 0 aliphatic carbocycles. The van der Waals surface area contributed by atoms with Gasteiger partial charge in [-0.25, -0.2) is 0 Å². The van der Waals surface area contributed by atoms with Crippen LogP contribution in [0.15, 0.2) is 45.9 Å². The van der Waals surface area contributed by atoms with Crippen LogP contribution in [0.2, 0.25) is 0 Å². The van der Waals surface area contributed by atoms with E-state index in [1.807, 2.05) is 51.1 Å². The van der Waals surface area contributed by atoms with Crippen LogP contribution in [-0.2, 0) is 15.3 Å². The molecule has 0 fully saturated rings. The van der Waals surface area contributed by atoms with E-state index in [4.69, 9.17) is 4.42 Å². The van der Waals surface area contributed by atoms with E-state index in [1.54, 1.807) is 6.26 Å². The Kier molecular flexibility index (Phi) is 4.62. The minimum atomic E-state index is -0.215. The van der Waals surface area contributed by atoms with Crippen molar-refractivity contribution in [2.24, 2.45) is 0 Å². The molecule has 1 aliphatic heterocycles. The van der Waals surface area contributed by atoms with Crippen LogP contribution in [0.3, 0.4) is 0 Å². The molecule has 0 saturated carbocycles. The summed E-state index contributed by atoms with van der Waals surface area (Å²) in [5.74, 6) is 0.870. The number of rotatable bonds is 5. The second kappa shape index (κ2) is 6.69. The largest absolute Gasteiger partial charge is 0.468 e. The van der Waals surface area contributed by atoms with Gasteiger partial charge in [0.05, 0.1) is 22.5 Å². The van der Waals surface area contributed by atoms with Gasteiger partial charge in [0.1, 0.15) is 5.76 Å². The first-order valence-corrected chi connectivity index (χ1v) is 8.84. The Bertz CT molecular complexity index is 821. The van der Waals surface area contributed by atoms with E-state index in [-0.39, 0.29) is 11.8 Å². The van der Waals surface area contributed by atoms with Gasteiger partial charge in [0.2, 0.25) is 0 Å². The van der Waals surface area contributed by atoms with Crippen LogP contribution in [0.4, 0.5) is 0 Å². The number of furan rings is 1. The van der Waals surface area contributed by atoms with E-state index in [2.05, 4.69) is 0 Å². The molecule has 0 bridgehead atoms. The Labute approximate surface area is 145 Å². The van der Waals surface area contributed by atoms with E-state index in [9.17, 15) is 9.59 Å². The van der Waals surface area contributed by atoms with Gasteiger partial charge in [-0.05, 0) is 49.6 Å². The molecular weight excluding hydrogens is 322 g/mol. The molecule has 0 unspecified atom stereocenters. The van der Waals surface area contributed by atoms with Crippen LogP contribution in [-0.4, -0.2) is 23.3 Å². The molecule has 1 aromatic carbocycles. The Morgan fingerprint density at radius 3 is 2.50 bits per heavy atom. The molecule has 0 atom stereocenters.